The predicted octanol–water partition coefficient (Wildman–Crippen LogP) is 4.05. The molecule has 0 atom stereocenters. The van der Waals surface area contributed by atoms with Crippen molar-refractivity contribution in [3.63, 3.8) is 0 Å². The summed E-state index contributed by atoms with van der Waals surface area (Å²) in [6.45, 7) is 3.67. The Hall–Kier alpha value is -2.73. The van der Waals surface area contributed by atoms with Crippen molar-refractivity contribution in [1.82, 2.24) is 0 Å². The average molecular weight is 391 g/mol. The van der Waals surface area contributed by atoms with Crippen LogP contribution in [0.4, 0.5) is 11.4 Å². The summed E-state index contributed by atoms with van der Waals surface area (Å²) in [7, 11) is 2.98. The van der Waals surface area contributed by atoms with Crippen LogP contribution in [0, 0.1) is 6.92 Å². The van der Waals surface area contributed by atoms with Gasteiger partial charge in [-0.05, 0) is 18.6 Å². The molecule has 144 valence electrons. The predicted molar refractivity (Wildman–Crippen MR) is 107 cm³/mol. The summed E-state index contributed by atoms with van der Waals surface area (Å²) in [5, 5.41) is 3.17. The Balaban J connectivity index is 2.11. The van der Waals surface area contributed by atoms with Gasteiger partial charge in [0.2, 0.25) is 11.8 Å². The van der Waals surface area contributed by atoms with Crippen molar-refractivity contribution >= 4 is 34.8 Å². The zero-order valence-corrected chi connectivity index (χ0v) is 16.6. The second kappa shape index (κ2) is 9.28. The van der Waals surface area contributed by atoms with E-state index in [2.05, 4.69) is 5.32 Å². The maximum atomic E-state index is 12.4. The van der Waals surface area contributed by atoms with E-state index in [1.54, 1.807) is 17.0 Å². The van der Waals surface area contributed by atoms with Crippen LogP contribution in [-0.4, -0.2) is 32.6 Å². The molecule has 0 aromatic heterocycles. The van der Waals surface area contributed by atoms with Gasteiger partial charge in [-0.2, -0.15) is 0 Å². The maximum Gasteiger partial charge on any atom is 0.226 e. The highest BCUT2D eigenvalue weighted by molar-refractivity contribution is 6.32. The minimum Gasteiger partial charge on any atom is -0.495 e. The molecule has 0 saturated heterocycles. The van der Waals surface area contributed by atoms with Gasteiger partial charge in [0, 0.05) is 37.7 Å². The molecule has 6 nitrogen and oxygen atoms in total. The largest absolute Gasteiger partial charge is 0.495 e. The van der Waals surface area contributed by atoms with Crippen molar-refractivity contribution < 1.29 is 19.1 Å². The molecule has 27 heavy (non-hydrogen) atoms. The monoisotopic (exact) mass is 390 g/mol. The lowest BCUT2D eigenvalue weighted by Gasteiger charge is -2.23. The number of ether oxygens (including phenoxy) is 2. The van der Waals surface area contributed by atoms with Crippen molar-refractivity contribution in [2.24, 2.45) is 0 Å². The fourth-order valence-electron chi connectivity index (χ4n) is 2.70. The molecule has 0 unspecified atom stereocenters. The smallest absolute Gasteiger partial charge is 0.226 e. The Kier molecular flexibility index (Phi) is 7.07. The fourth-order valence-corrected chi connectivity index (χ4v) is 2.93. The van der Waals surface area contributed by atoms with E-state index in [4.69, 9.17) is 21.1 Å². The maximum absolute atomic E-state index is 12.4. The second-order valence-electron chi connectivity index (χ2n) is 5.94. The number of amides is 2. The second-order valence-corrected chi connectivity index (χ2v) is 6.35. The van der Waals surface area contributed by atoms with Gasteiger partial charge in [-0.25, -0.2) is 0 Å². The van der Waals surface area contributed by atoms with Crippen LogP contribution in [0.1, 0.15) is 18.9 Å². The molecule has 0 saturated carbocycles. The number of hydrogen-bond donors (Lipinski definition) is 1. The number of benzene rings is 2. The van der Waals surface area contributed by atoms with Crippen molar-refractivity contribution in [3.05, 3.63) is 47.0 Å². The van der Waals surface area contributed by atoms with Gasteiger partial charge in [-0.1, -0.05) is 29.8 Å². The molecule has 7 heteroatoms. The van der Waals surface area contributed by atoms with E-state index in [9.17, 15) is 9.59 Å². The molecule has 2 rings (SSSR count). The molecule has 0 radical (unpaired) electrons. The molecular formula is C20H23ClN2O4. The lowest BCUT2D eigenvalue weighted by atomic mass is 10.1. The quantitative estimate of drug-likeness (QED) is 0.774. The van der Waals surface area contributed by atoms with E-state index in [0.717, 1.165) is 11.3 Å². The Morgan fingerprint density at radius 1 is 1.11 bits per heavy atom. The minimum atomic E-state index is -0.252. The Bertz CT molecular complexity index is 839. The van der Waals surface area contributed by atoms with Crippen LogP contribution in [0.25, 0.3) is 0 Å². The van der Waals surface area contributed by atoms with Crippen LogP contribution in [0.2, 0.25) is 5.02 Å². The van der Waals surface area contributed by atoms with E-state index < -0.39 is 0 Å². The average Bonchev–Trinajstić information content (AvgIpc) is 2.64. The van der Waals surface area contributed by atoms with Gasteiger partial charge in [0.25, 0.3) is 0 Å². The fraction of sp³-hybridized carbons (Fsp3) is 0.300. The van der Waals surface area contributed by atoms with Gasteiger partial charge in [0.1, 0.15) is 11.5 Å². The highest BCUT2D eigenvalue weighted by Crippen LogP contribution is 2.35. The van der Waals surface area contributed by atoms with Crippen molar-refractivity contribution in [3.8, 4) is 11.5 Å². The molecule has 0 fully saturated rings. The number of methoxy groups -OCH3 is 2. The normalized spacial score (nSPS) is 10.3. The van der Waals surface area contributed by atoms with Crippen molar-refractivity contribution in [2.75, 3.05) is 31.0 Å². The third kappa shape index (κ3) is 5.14. The number of carbonyl (C=O) groups excluding carboxylic acids is 2. The van der Waals surface area contributed by atoms with Crippen LogP contribution in [0.5, 0.6) is 11.5 Å². The molecule has 2 amide bonds. The number of hydrogen-bond acceptors (Lipinski definition) is 4. The van der Waals surface area contributed by atoms with Gasteiger partial charge in [0.15, 0.2) is 0 Å². The molecular weight excluding hydrogens is 368 g/mol. The summed E-state index contributed by atoms with van der Waals surface area (Å²) in [6, 6.07) is 10.7. The molecule has 2 aromatic rings. The number of nitrogens with one attached hydrogen (secondary N) is 1. The van der Waals surface area contributed by atoms with E-state index in [0.29, 0.717) is 22.2 Å². The van der Waals surface area contributed by atoms with E-state index in [1.165, 1.54) is 21.1 Å². The zero-order valence-electron chi connectivity index (χ0n) is 15.8. The molecule has 0 aliphatic carbocycles. The number of anilines is 2. The molecule has 0 aliphatic heterocycles. The number of halogens is 1. The molecule has 2 aromatic carbocycles. The summed E-state index contributed by atoms with van der Waals surface area (Å²) in [6.07, 6.45) is 0.127. The van der Waals surface area contributed by atoms with Gasteiger partial charge in [0.05, 0.1) is 24.9 Å². The summed E-state index contributed by atoms with van der Waals surface area (Å²) in [5.74, 6) is 0.481. The van der Waals surface area contributed by atoms with Crippen LogP contribution in [0.3, 0.4) is 0 Å². The van der Waals surface area contributed by atoms with Crippen LogP contribution in [0.15, 0.2) is 36.4 Å². The lowest BCUT2D eigenvalue weighted by molar-refractivity contribution is -0.117. The molecule has 0 bridgehead atoms. The van der Waals surface area contributed by atoms with Crippen LogP contribution in [-0.2, 0) is 9.59 Å². The SMILES string of the molecule is COc1cc(NC(=O)CCN(C(C)=O)c2ccccc2C)c(OC)cc1Cl. The third-order valence-corrected chi connectivity index (χ3v) is 4.39. The van der Waals surface area contributed by atoms with Gasteiger partial charge in [-0.3, -0.25) is 9.59 Å². The number of nitrogens with zero attached hydrogens (tertiary/aromatic N) is 1. The van der Waals surface area contributed by atoms with Gasteiger partial charge in [-0.15, -0.1) is 0 Å². The molecule has 0 spiro atoms. The zero-order chi connectivity index (χ0) is 20.0. The van der Waals surface area contributed by atoms with Gasteiger partial charge < -0.3 is 19.7 Å². The van der Waals surface area contributed by atoms with Crippen molar-refractivity contribution in [1.29, 1.82) is 0 Å². The Morgan fingerprint density at radius 3 is 2.37 bits per heavy atom. The van der Waals surface area contributed by atoms with Crippen molar-refractivity contribution in [2.45, 2.75) is 20.3 Å². The topological polar surface area (TPSA) is 67.9 Å². The number of para-hydroxylation sites is 1. The highest BCUT2D eigenvalue weighted by atomic mass is 35.5. The van der Waals surface area contributed by atoms with E-state index in [1.807, 2.05) is 31.2 Å². The summed E-state index contributed by atoms with van der Waals surface area (Å²) < 4.78 is 10.4. The first-order valence-corrected chi connectivity index (χ1v) is 8.80. The first-order valence-electron chi connectivity index (χ1n) is 8.42. The standard InChI is InChI=1S/C20H23ClN2O4/c1-13-7-5-6-8-17(13)23(14(2)24)10-9-20(25)22-16-12-18(26-3)15(21)11-19(16)27-4/h5-8,11-12H,9-10H2,1-4H3,(H,22,25). The summed E-state index contributed by atoms with van der Waals surface area (Å²) in [5.41, 5.74) is 2.22. The van der Waals surface area contributed by atoms with Crippen LogP contribution >= 0.6 is 11.6 Å². The number of carbonyl (C=O) groups is 2. The highest BCUT2D eigenvalue weighted by Gasteiger charge is 2.17. The summed E-state index contributed by atoms with van der Waals surface area (Å²) >= 11 is 6.08. The summed E-state index contributed by atoms with van der Waals surface area (Å²) in [4.78, 5) is 26.1. The molecule has 1 N–H and O–H groups in total. The van der Waals surface area contributed by atoms with E-state index >= 15 is 0 Å². The number of rotatable bonds is 7. The minimum absolute atomic E-state index is 0.122. The van der Waals surface area contributed by atoms with E-state index in [-0.39, 0.29) is 24.8 Å². The first-order chi connectivity index (χ1) is 12.9. The molecule has 0 heterocycles. The lowest BCUT2D eigenvalue weighted by Crippen LogP contribution is -2.32. The third-order valence-electron chi connectivity index (χ3n) is 4.10. The first kappa shape index (κ1) is 20.6. The Labute approximate surface area is 164 Å². The number of aryl methyl sites for hydroxylation is 1. The molecule has 0 aliphatic rings. The Morgan fingerprint density at radius 2 is 1.78 bits per heavy atom. The van der Waals surface area contributed by atoms with Gasteiger partial charge >= 0.3 is 0 Å². The van der Waals surface area contributed by atoms with Crippen LogP contribution < -0.4 is 19.7 Å².